The van der Waals surface area contributed by atoms with Crippen LogP contribution in [0.2, 0.25) is 0 Å². The van der Waals surface area contributed by atoms with Gasteiger partial charge in [0.2, 0.25) is 0 Å². The number of nitrogens with one attached hydrogen (secondary N) is 2. The molecule has 1 saturated heterocycles. The molecular weight excluding hydrogens is 204 g/mol. The lowest BCUT2D eigenvalue weighted by molar-refractivity contribution is 0.300. The third-order valence-electron chi connectivity index (χ3n) is 3.21. The number of anilines is 2. The highest BCUT2D eigenvalue weighted by molar-refractivity contribution is 6.05. The van der Waals surface area contributed by atoms with Gasteiger partial charge in [0, 0.05) is 19.6 Å². The number of nitrogens with zero attached hydrogens (tertiary/aromatic N) is 2. The van der Waals surface area contributed by atoms with E-state index in [1.807, 2.05) is 24.3 Å². The summed E-state index contributed by atoms with van der Waals surface area (Å²) >= 11 is 0. The molecule has 5 nitrogen and oxygen atoms in total. The first-order valence-corrected chi connectivity index (χ1v) is 5.43. The molecule has 2 aliphatic rings. The zero-order valence-electron chi connectivity index (χ0n) is 8.85. The van der Waals surface area contributed by atoms with Crippen LogP contribution in [0.4, 0.5) is 11.4 Å². The smallest absolute Gasteiger partial charge is 0.150 e. The van der Waals surface area contributed by atoms with E-state index in [2.05, 4.69) is 10.2 Å². The summed E-state index contributed by atoms with van der Waals surface area (Å²) in [5, 5.41) is 22.1. The second-order valence-corrected chi connectivity index (χ2v) is 4.10. The number of hydroxylamine groups is 1. The van der Waals surface area contributed by atoms with Crippen LogP contribution in [-0.4, -0.2) is 36.7 Å². The normalized spacial score (nSPS) is 24.1. The van der Waals surface area contributed by atoms with E-state index in [0.717, 1.165) is 23.8 Å². The zero-order chi connectivity index (χ0) is 11.1. The van der Waals surface area contributed by atoms with Crippen LogP contribution in [0.5, 0.6) is 0 Å². The quantitative estimate of drug-likeness (QED) is 0.598. The Hall–Kier alpha value is -1.59. The molecule has 0 saturated carbocycles. The third-order valence-corrected chi connectivity index (χ3v) is 3.21. The van der Waals surface area contributed by atoms with E-state index in [0.29, 0.717) is 12.2 Å². The van der Waals surface area contributed by atoms with Gasteiger partial charge in [-0.2, -0.15) is 0 Å². The van der Waals surface area contributed by atoms with Gasteiger partial charge < -0.3 is 10.2 Å². The van der Waals surface area contributed by atoms with E-state index >= 15 is 0 Å². The molecule has 0 aliphatic carbocycles. The molecule has 84 valence electrons. The highest BCUT2D eigenvalue weighted by Crippen LogP contribution is 2.35. The van der Waals surface area contributed by atoms with Crippen LogP contribution in [-0.2, 0) is 0 Å². The Kier molecular flexibility index (Phi) is 2.08. The molecule has 1 fully saturated rings. The van der Waals surface area contributed by atoms with E-state index < -0.39 is 0 Å². The molecule has 0 bridgehead atoms. The van der Waals surface area contributed by atoms with Gasteiger partial charge in [0.25, 0.3) is 0 Å². The largest absolute Gasteiger partial charge is 0.357 e. The van der Waals surface area contributed by atoms with Crippen LogP contribution < -0.4 is 15.3 Å². The minimum Gasteiger partial charge on any atom is -0.357 e. The Morgan fingerprint density at radius 2 is 2.06 bits per heavy atom. The van der Waals surface area contributed by atoms with Crippen LogP contribution >= 0.6 is 0 Å². The van der Waals surface area contributed by atoms with Crippen molar-refractivity contribution in [3.63, 3.8) is 0 Å². The summed E-state index contributed by atoms with van der Waals surface area (Å²) in [6.07, 6.45) is 0. The van der Waals surface area contributed by atoms with Crippen LogP contribution in [0, 0.1) is 5.41 Å². The van der Waals surface area contributed by atoms with Crippen LogP contribution in [0.25, 0.3) is 0 Å². The topological polar surface area (TPSA) is 62.6 Å². The Balaban J connectivity index is 2.11. The molecule has 5 heteroatoms. The van der Waals surface area contributed by atoms with Gasteiger partial charge >= 0.3 is 0 Å². The van der Waals surface area contributed by atoms with Crippen molar-refractivity contribution in [2.24, 2.45) is 0 Å². The number of piperazine rings is 1. The number of benzene rings is 1. The summed E-state index contributed by atoms with van der Waals surface area (Å²) in [6.45, 7) is 2.51. The fourth-order valence-corrected chi connectivity index (χ4v) is 2.39. The standard InChI is InChI=1S/C11H14N4O/c12-11-10-7-13-5-6-14(10)8-3-1-2-4-9(8)15(11)16/h1-4,10,12-13,16H,5-7H2. The Morgan fingerprint density at radius 3 is 2.88 bits per heavy atom. The summed E-state index contributed by atoms with van der Waals surface area (Å²) in [7, 11) is 0. The number of para-hydroxylation sites is 2. The SMILES string of the molecule is N=C1C2CNCCN2c2ccccc2N1O. The lowest BCUT2D eigenvalue weighted by Crippen LogP contribution is -2.61. The Bertz CT molecular complexity index is 434. The van der Waals surface area contributed by atoms with Gasteiger partial charge in [0.15, 0.2) is 5.84 Å². The fraction of sp³-hybridized carbons (Fsp3) is 0.364. The van der Waals surface area contributed by atoms with E-state index in [9.17, 15) is 5.21 Å². The lowest BCUT2D eigenvalue weighted by Gasteiger charge is -2.44. The Labute approximate surface area is 93.7 Å². The fourth-order valence-electron chi connectivity index (χ4n) is 2.39. The highest BCUT2D eigenvalue weighted by Gasteiger charge is 2.36. The van der Waals surface area contributed by atoms with Crippen molar-refractivity contribution in [2.75, 3.05) is 29.6 Å². The lowest BCUT2D eigenvalue weighted by atomic mass is 10.1. The average Bonchev–Trinajstić information content (AvgIpc) is 2.36. The van der Waals surface area contributed by atoms with Crippen LogP contribution in [0.15, 0.2) is 24.3 Å². The van der Waals surface area contributed by atoms with Gasteiger partial charge in [0.05, 0.1) is 11.4 Å². The molecule has 1 aromatic carbocycles. The minimum absolute atomic E-state index is 0.0614. The predicted octanol–water partition coefficient (Wildman–Crippen LogP) is 0.651. The van der Waals surface area contributed by atoms with Crippen molar-refractivity contribution in [3.05, 3.63) is 24.3 Å². The van der Waals surface area contributed by atoms with Gasteiger partial charge in [-0.05, 0) is 12.1 Å². The Morgan fingerprint density at radius 1 is 1.31 bits per heavy atom. The second kappa shape index (κ2) is 3.47. The first-order valence-electron chi connectivity index (χ1n) is 5.43. The summed E-state index contributed by atoms with van der Waals surface area (Å²) in [5.74, 6) is 0.242. The monoisotopic (exact) mass is 218 g/mol. The van der Waals surface area contributed by atoms with E-state index in [-0.39, 0.29) is 11.9 Å². The number of rotatable bonds is 0. The summed E-state index contributed by atoms with van der Waals surface area (Å²) in [6, 6.07) is 7.60. The van der Waals surface area contributed by atoms with Gasteiger partial charge in [0.1, 0.15) is 6.04 Å². The second-order valence-electron chi connectivity index (χ2n) is 4.10. The maximum atomic E-state index is 9.92. The van der Waals surface area contributed by atoms with Crippen molar-refractivity contribution in [2.45, 2.75) is 6.04 Å². The zero-order valence-corrected chi connectivity index (χ0v) is 8.85. The molecule has 0 amide bonds. The van der Waals surface area contributed by atoms with Crippen molar-refractivity contribution in [1.82, 2.24) is 5.32 Å². The molecule has 2 heterocycles. The molecule has 3 N–H and O–H groups in total. The first-order chi connectivity index (χ1) is 7.79. The van der Waals surface area contributed by atoms with E-state index in [4.69, 9.17) is 5.41 Å². The van der Waals surface area contributed by atoms with Crippen molar-refractivity contribution in [1.29, 1.82) is 5.41 Å². The van der Waals surface area contributed by atoms with Crippen molar-refractivity contribution < 1.29 is 5.21 Å². The van der Waals surface area contributed by atoms with E-state index in [1.165, 1.54) is 0 Å². The maximum absolute atomic E-state index is 9.92. The molecule has 2 aliphatic heterocycles. The first kappa shape index (κ1) is 9.62. The van der Waals surface area contributed by atoms with E-state index in [1.54, 1.807) is 0 Å². The number of fused-ring (bicyclic) bond motifs is 3. The predicted molar refractivity (Wildman–Crippen MR) is 62.4 cm³/mol. The van der Waals surface area contributed by atoms with Crippen molar-refractivity contribution >= 4 is 17.2 Å². The molecule has 0 aromatic heterocycles. The summed E-state index contributed by atoms with van der Waals surface area (Å²) in [5.41, 5.74) is 1.71. The molecular formula is C11H14N4O. The molecule has 0 radical (unpaired) electrons. The van der Waals surface area contributed by atoms with Gasteiger partial charge in [-0.3, -0.25) is 10.6 Å². The highest BCUT2D eigenvalue weighted by atomic mass is 16.5. The van der Waals surface area contributed by atoms with Gasteiger partial charge in [-0.25, -0.2) is 5.06 Å². The van der Waals surface area contributed by atoms with Crippen LogP contribution in [0.3, 0.4) is 0 Å². The number of hydrogen-bond acceptors (Lipinski definition) is 4. The van der Waals surface area contributed by atoms with Crippen LogP contribution in [0.1, 0.15) is 0 Å². The molecule has 1 unspecified atom stereocenters. The summed E-state index contributed by atoms with van der Waals surface area (Å²) < 4.78 is 0. The number of hydrogen-bond donors (Lipinski definition) is 3. The number of amidine groups is 1. The minimum atomic E-state index is -0.0614. The van der Waals surface area contributed by atoms with Gasteiger partial charge in [-0.1, -0.05) is 12.1 Å². The molecule has 16 heavy (non-hydrogen) atoms. The average molecular weight is 218 g/mol. The molecule has 3 rings (SSSR count). The van der Waals surface area contributed by atoms with Gasteiger partial charge in [-0.15, -0.1) is 0 Å². The molecule has 1 aromatic rings. The molecule has 0 spiro atoms. The van der Waals surface area contributed by atoms with Crippen molar-refractivity contribution in [3.8, 4) is 0 Å². The maximum Gasteiger partial charge on any atom is 0.150 e. The summed E-state index contributed by atoms with van der Waals surface area (Å²) in [4.78, 5) is 2.18. The third kappa shape index (κ3) is 1.22. The molecule has 1 atom stereocenters.